The highest BCUT2D eigenvalue weighted by atomic mass is 32.2. The van der Waals surface area contributed by atoms with Crippen molar-refractivity contribution in [1.82, 2.24) is 9.78 Å². The summed E-state index contributed by atoms with van der Waals surface area (Å²) >= 11 is 1.55. The Morgan fingerprint density at radius 2 is 2.00 bits per heavy atom. The molecule has 1 aliphatic rings. The Morgan fingerprint density at radius 3 is 2.60 bits per heavy atom. The van der Waals surface area contributed by atoms with E-state index in [1.807, 2.05) is 43.8 Å². The molecule has 2 heterocycles. The molecule has 1 aromatic carbocycles. The molecule has 0 aliphatic carbocycles. The molecule has 0 saturated heterocycles. The first-order chi connectivity index (χ1) is 11.8. The number of anilines is 1. The van der Waals surface area contributed by atoms with Gasteiger partial charge in [-0.1, -0.05) is 12.1 Å². The summed E-state index contributed by atoms with van der Waals surface area (Å²) in [7, 11) is 1.36. The highest BCUT2D eigenvalue weighted by Crippen LogP contribution is 2.42. The Balaban J connectivity index is 2.02. The zero-order chi connectivity index (χ0) is 18.2. The minimum absolute atomic E-state index is 0.0308. The molecule has 0 spiro atoms. The lowest BCUT2D eigenvalue weighted by atomic mass is 10.0. The Kier molecular flexibility index (Phi) is 4.60. The van der Waals surface area contributed by atoms with E-state index in [2.05, 4.69) is 10.4 Å². The zero-order valence-corrected chi connectivity index (χ0v) is 15.5. The number of methoxy groups -OCH3 is 1. The number of rotatable bonds is 2. The lowest BCUT2D eigenvalue weighted by Gasteiger charge is -2.23. The quantitative estimate of drug-likeness (QED) is 0.834. The maximum atomic E-state index is 12.1. The van der Waals surface area contributed by atoms with Gasteiger partial charge in [0, 0.05) is 5.56 Å². The summed E-state index contributed by atoms with van der Waals surface area (Å²) in [6, 6.07) is 7.29. The van der Waals surface area contributed by atoms with Crippen LogP contribution in [-0.4, -0.2) is 34.5 Å². The monoisotopic (exact) mass is 359 g/mol. The van der Waals surface area contributed by atoms with Crippen molar-refractivity contribution in [3.8, 4) is 0 Å². The number of ether oxygens (including phenoxy) is 1. The average molecular weight is 359 g/mol. The molecule has 132 valence electrons. The fourth-order valence-electron chi connectivity index (χ4n) is 2.79. The number of hydrogen-bond acceptors (Lipinski definition) is 5. The van der Waals surface area contributed by atoms with E-state index in [1.165, 1.54) is 7.11 Å². The number of esters is 1. The molecule has 1 N–H and O–H groups in total. The number of amides is 1. The summed E-state index contributed by atoms with van der Waals surface area (Å²) in [5.41, 5.74) is 2.25. The molecular formula is C18H21N3O3S. The number of hydrogen-bond donors (Lipinski definition) is 1. The molecule has 1 atom stereocenters. The molecule has 1 amide bonds. The van der Waals surface area contributed by atoms with Gasteiger partial charge in [-0.25, -0.2) is 9.48 Å². The molecule has 3 rings (SSSR count). The van der Waals surface area contributed by atoms with E-state index < -0.39 is 0 Å². The van der Waals surface area contributed by atoms with Gasteiger partial charge in [-0.2, -0.15) is 5.10 Å². The highest BCUT2D eigenvalue weighted by Gasteiger charge is 2.30. The fourth-order valence-corrected chi connectivity index (χ4v) is 3.88. The van der Waals surface area contributed by atoms with Crippen LogP contribution >= 0.6 is 11.8 Å². The van der Waals surface area contributed by atoms with Crippen molar-refractivity contribution < 1.29 is 14.3 Å². The van der Waals surface area contributed by atoms with Crippen molar-refractivity contribution in [3.05, 3.63) is 47.2 Å². The van der Waals surface area contributed by atoms with E-state index in [4.69, 9.17) is 4.74 Å². The first-order valence-corrected chi connectivity index (χ1v) is 9.04. The number of nitrogens with zero attached hydrogens (tertiary/aromatic N) is 2. The fraction of sp³-hybridized carbons (Fsp3) is 0.389. The van der Waals surface area contributed by atoms with Crippen LogP contribution in [0.4, 0.5) is 5.82 Å². The van der Waals surface area contributed by atoms with Crippen LogP contribution in [0.5, 0.6) is 0 Å². The van der Waals surface area contributed by atoms with Crippen molar-refractivity contribution in [2.75, 3.05) is 18.2 Å². The van der Waals surface area contributed by atoms with Gasteiger partial charge >= 0.3 is 5.97 Å². The normalized spacial score (nSPS) is 17.4. The third kappa shape index (κ3) is 3.42. The summed E-state index contributed by atoms with van der Waals surface area (Å²) in [6.45, 7) is 6.14. The largest absolute Gasteiger partial charge is 0.465 e. The number of nitrogens with one attached hydrogen (secondary N) is 1. The second kappa shape index (κ2) is 6.55. The van der Waals surface area contributed by atoms with Crippen molar-refractivity contribution in [1.29, 1.82) is 0 Å². The summed E-state index contributed by atoms with van der Waals surface area (Å²) in [6.07, 6.45) is 1.82. The van der Waals surface area contributed by atoms with Gasteiger partial charge < -0.3 is 10.1 Å². The third-order valence-electron chi connectivity index (χ3n) is 3.99. The van der Waals surface area contributed by atoms with Gasteiger partial charge in [-0.05, 0) is 38.5 Å². The van der Waals surface area contributed by atoms with E-state index in [1.54, 1.807) is 23.9 Å². The first-order valence-electron chi connectivity index (χ1n) is 7.99. The summed E-state index contributed by atoms with van der Waals surface area (Å²) in [4.78, 5) is 23.8. The Hall–Kier alpha value is -2.28. The van der Waals surface area contributed by atoms with E-state index >= 15 is 0 Å². The molecule has 0 unspecified atom stereocenters. The Labute approximate surface area is 150 Å². The number of benzene rings is 1. The predicted octanol–water partition coefficient (Wildman–Crippen LogP) is 3.20. The Morgan fingerprint density at radius 1 is 1.32 bits per heavy atom. The minimum atomic E-state index is -0.363. The number of aromatic nitrogens is 2. The zero-order valence-electron chi connectivity index (χ0n) is 14.7. The van der Waals surface area contributed by atoms with Crippen LogP contribution < -0.4 is 5.32 Å². The van der Waals surface area contributed by atoms with E-state index in [0.717, 1.165) is 16.9 Å². The number of fused-ring (bicyclic) bond motifs is 1. The van der Waals surface area contributed by atoms with Gasteiger partial charge in [0.1, 0.15) is 5.82 Å². The van der Waals surface area contributed by atoms with Crippen molar-refractivity contribution in [2.24, 2.45) is 0 Å². The maximum Gasteiger partial charge on any atom is 0.337 e. The number of thioether (sulfide) groups is 1. The topological polar surface area (TPSA) is 73.2 Å². The van der Waals surface area contributed by atoms with Crippen LogP contribution in [0.2, 0.25) is 0 Å². The van der Waals surface area contributed by atoms with Gasteiger partial charge in [0.2, 0.25) is 5.91 Å². The van der Waals surface area contributed by atoms with Crippen LogP contribution in [0.15, 0.2) is 30.5 Å². The molecule has 0 saturated carbocycles. The van der Waals surface area contributed by atoms with E-state index in [0.29, 0.717) is 11.3 Å². The molecule has 2 aromatic rings. The Bertz CT molecular complexity index is 806. The predicted molar refractivity (Wildman–Crippen MR) is 97.9 cm³/mol. The van der Waals surface area contributed by atoms with Gasteiger partial charge in [-0.3, -0.25) is 4.79 Å². The molecule has 0 bridgehead atoms. The number of carbonyl (C=O) groups excluding carboxylic acids is 2. The van der Waals surface area contributed by atoms with E-state index in [9.17, 15) is 9.59 Å². The second-order valence-corrected chi connectivity index (χ2v) is 7.98. The van der Waals surface area contributed by atoms with Gasteiger partial charge in [0.15, 0.2) is 0 Å². The van der Waals surface area contributed by atoms with Crippen molar-refractivity contribution in [3.63, 3.8) is 0 Å². The summed E-state index contributed by atoms with van der Waals surface area (Å²) in [5.74, 6) is 0.705. The third-order valence-corrected chi connectivity index (χ3v) is 5.28. The van der Waals surface area contributed by atoms with Crippen molar-refractivity contribution in [2.45, 2.75) is 31.6 Å². The van der Waals surface area contributed by atoms with Gasteiger partial charge in [0.25, 0.3) is 0 Å². The first kappa shape index (κ1) is 17.5. The highest BCUT2D eigenvalue weighted by molar-refractivity contribution is 8.00. The van der Waals surface area contributed by atoms with Gasteiger partial charge in [0.05, 0.1) is 35.4 Å². The molecule has 1 aromatic heterocycles. The summed E-state index contributed by atoms with van der Waals surface area (Å²) in [5, 5.41) is 7.45. The molecule has 1 aliphatic heterocycles. The molecule has 25 heavy (non-hydrogen) atoms. The molecule has 0 radical (unpaired) electrons. The SMILES string of the molecule is COC(=O)c1ccc([C@H]2SCC(=O)Nc3c2cnn3C(C)(C)C)cc1. The molecule has 6 nitrogen and oxygen atoms in total. The molecule has 7 heteroatoms. The smallest absolute Gasteiger partial charge is 0.337 e. The maximum absolute atomic E-state index is 12.1. The lowest BCUT2D eigenvalue weighted by Crippen LogP contribution is -2.27. The van der Waals surface area contributed by atoms with E-state index in [-0.39, 0.29) is 22.7 Å². The second-order valence-electron chi connectivity index (χ2n) is 6.88. The van der Waals surface area contributed by atoms with Gasteiger partial charge in [-0.15, -0.1) is 11.8 Å². The van der Waals surface area contributed by atoms with Crippen LogP contribution in [0.1, 0.15) is 47.5 Å². The molecule has 0 fully saturated rings. The molecular weight excluding hydrogens is 338 g/mol. The summed E-state index contributed by atoms with van der Waals surface area (Å²) < 4.78 is 6.59. The minimum Gasteiger partial charge on any atom is -0.465 e. The number of carbonyl (C=O) groups is 2. The van der Waals surface area contributed by atoms with Crippen LogP contribution in [0.3, 0.4) is 0 Å². The standard InChI is InChI=1S/C18H21N3O3S/c1-18(2,3)21-16-13(9-19-21)15(25-10-14(22)20-16)11-5-7-12(8-6-11)17(23)24-4/h5-9,15H,10H2,1-4H3,(H,20,22)/t15-/m1/s1. The average Bonchev–Trinajstić information content (AvgIpc) is 2.91. The van der Waals surface area contributed by atoms with Crippen LogP contribution in [-0.2, 0) is 15.1 Å². The van der Waals surface area contributed by atoms with Crippen LogP contribution in [0.25, 0.3) is 0 Å². The van der Waals surface area contributed by atoms with Crippen molar-refractivity contribution >= 4 is 29.5 Å². The lowest BCUT2D eigenvalue weighted by molar-refractivity contribution is -0.113. The van der Waals surface area contributed by atoms with Crippen LogP contribution in [0, 0.1) is 0 Å².